The highest BCUT2D eigenvalue weighted by molar-refractivity contribution is 8.01. The molecule has 176 valence electrons. The van der Waals surface area contributed by atoms with Gasteiger partial charge in [-0.3, -0.25) is 9.59 Å². The summed E-state index contributed by atoms with van der Waals surface area (Å²) in [5, 5.41) is 2.57. The number of hydrogen-bond acceptors (Lipinski definition) is 6. The lowest BCUT2D eigenvalue weighted by molar-refractivity contribution is -0.136. The first-order valence-corrected chi connectivity index (χ1v) is 14.1. The van der Waals surface area contributed by atoms with Crippen LogP contribution in [-0.4, -0.2) is 73.3 Å². The van der Waals surface area contributed by atoms with E-state index in [1.54, 1.807) is 19.1 Å². The number of carbonyl (C=O) groups excluding carboxylic acids is 2. The van der Waals surface area contributed by atoms with Crippen molar-refractivity contribution in [2.75, 3.05) is 37.2 Å². The zero-order chi connectivity index (χ0) is 22.9. The van der Waals surface area contributed by atoms with Crippen molar-refractivity contribution in [1.29, 1.82) is 0 Å². The van der Waals surface area contributed by atoms with Crippen LogP contribution in [0.25, 0.3) is 0 Å². The maximum Gasteiger partial charge on any atom is 0.237 e. The summed E-state index contributed by atoms with van der Waals surface area (Å²) in [6.07, 6.45) is 5.77. The second-order valence-electron chi connectivity index (χ2n) is 9.24. The Morgan fingerprint density at radius 3 is 2.53 bits per heavy atom. The molecule has 3 aliphatic heterocycles. The van der Waals surface area contributed by atoms with Crippen molar-refractivity contribution < 1.29 is 18.0 Å². The molecule has 3 heterocycles. The molecule has 2 amide bonds. The van der Waals surface area contributed by atoms with Gasteiger partial charge in [0.15, 0.2) is 9.84 Å². The standard InChI is InChI=1S/C23H33N3O4S2/c1-16(23(28)26-12-8-18(9-13-26)25-10-4-3-5-11-25)15-32(29,30)19-6-7-21-20(14-19)24-22(27)17(2)31-21/h6-7,14,16-18H,3-5,8-13,15H2,1-2H3,(H,24,27)/t16-,17-/m0/s1. The SMILES string of the molecule is C[C@@H]1Sc2ccc(S(=O)(=O)C[C@H](C)C(=O)N3CCC(N4CCCCC4)CC3)cc2NC1=O. The molecule has 0 radical (unpaired) electrons. The van der Waals surface area contributed by atoms with E-state index in [2.05, 4.69) is 10.2 Å². The number of benzene rings is 1. The second-order valence-corrected chi connectivity index (χ2v) is 12.7. The Balaban J connectivity index is 1.36. The van der Waals surface area contributed by atoms with Gasteiger partial charge in [-0.2, -0.15) is 0 Å². The first kappa shape index (κ1) is 23.6. The van der Waals surface area contributed by atoms with E-state index < -0.39 is 15.8 Å². The predicted octanol–water partition coefficient (Wildman–Crippen LogP) is 3.01. The van der Waals surface area contributed by atoms with Crippen LogP contribution in [0.1, 0.15) is 46.0 Å². The van der Waals surface area contributed by atoms with E-state index in [1.807, 2.05) is 11.8 Å². The van der Waals surface area contributed by atoms with Gasteiger partial charge in [-0.1, -0.05) is 13.3 Å². The molecule has 1 aromatic carbocycles. The van der Waals surface area contributed by atoms with Gasteiger partial charge in [0, 0.05) is 29.9 Å². The molecule has 0 aromatic heterocycles. The number of hydrogen-bond donors (Lipinski definition) is 1. The predicted molar refractivity (Wildman–Crippen MR) is 127 cm³/mol. The number of thioether (sulfide) groups is 1. The minimum Gasteiger partial charge on any atom is -0.342 e. The van der Waals surface area contributed by atoms with E-state index in [1.165, 1.54) is 37.1 Å². The Labute approximate surface area is 195 Å². The van der Waals surface area contributed by atoms with Gasteiger partial charge in [0.2, 0.25) is 11.8 Å². The topological polar surface area (TPSA) is 86.8 Å². The Hall–Kier alpha value is -1.58. The Morgan fingerprint density at radius 2 is 1.84 bits per heavy atom. The number of piperidine rings is 2. The molecule has 2 atom stereocenters. The van der Waals surface area contributed by atoms with Gasteiger partial charge >= 0.3 is 0 Å². The van der Waals surface area contributed by atoms with Gasteiger partial charge in [0.05, 0.1) is 21.6 Å². The Bertz CT molecular complexity index is 967. The summed E-state index contributed by atoms with van der Waals surface area (Å²) in [7, 11) is -3.65. The monoisotopic (exact) mass is 479 g/mol. The van der Waals surface area contributed by atoms with Gasteiger partial charge in [0.25, 0.3) is 0 Å². The summed E-state index contributed by atoms with van der Waals surface area (Å²) in [6, 6.07) is 5.38. The highest BCUT2D eigenvalue weighted by Gasteiger charge is 2.32. The van der Waals surface area contributed by atoms with Crippen molar-refractivity contribution in [1.82, 2.24) is 9.80 Å². The van der Waals surface area contributed by atoms with Gasteiger partial charge in [-0.15, -0.1) is 11.8 Å². The quantitative estimate of drug-likeness (QED) is 0.699. The van der Waals surface area contributed by atoms with Crippen molar-refractivity contribution in [3.05, 3.63) is 18.2 Å². The summed E-state index contributed by atoms with van der Waals surface area (Å²) in [5.74, 6) is -1.05. The lowest BCUT2D eigenvalue weighted by atomic mass is 9.99. The highest BCUT2D eigenvalue weighted by Crippen LogP contribution is 2.37. The van der Waals surface area contributed by atoms with Gasteiger partial charge in [-0.25, -0.2) is 8.42 Å². The van der Waals surface area contributed by atoms with Crippen LogP contribution < -0.4 is 5.32 Å². The van der Waals surface area contributed by atoms with Gasteiger partial charge in [0.1, 0.15) is 0 Å². The van der Waals surface area contributed by atoms with Crippen molar-refractivity contribution >= 4 is 39.1 Å². The van der Waals surface area contributed by atoms with Gasteiger partial charge < -0.3 is 15.1 Å². The molecule has 32 heavy (non-hydrogen) atoms. The van der Waals surface area contributed by atoms with Crippen LogP contribution in [0.5, 0.6) is 0 Å². The smallest absolute Gasteiger partial charge is 0.237 e. The first-order valence-electron chi connectivity index (χ1n) is 11.6. The number of likely N-dealkylation sites (tertiary alicyclic amines) is 2. The number of carbonyl (C=O) groups is 2. The normalized spacial score (nSPS) is 24.0. The van der Waals surface area contributed by atoms with E-state index in [0.717, 1.165) is 30.8 Å². The van der Waals surface area contributed by atoms with Crippen LogP contribution in [0.2, 0.25) is 0 Å². The van der Waals surface area contributed by atoms with E-state index in [9.17, 15) is 18.0 Å². The summed E-state index contributed by atoms with van der Waals surface area (Å²) in [5.41, 5.74) is 0.526. The van der Waals surface area contributed by atoms with Crippen molar-refractivity contribution in [2.24, 2.45) is 5.92 Å². The van der Waals surface area contributed by atoms with E-state index >= 15 is 0 Å². The molecule has 1 aromatic rings. The number of nitrogens with zero attached hydrogens (tertiary/aromatic N) is 2. The fourth-order valence-corrected chi connectivity index (χ4v) is 7.42. The molecule has 0 bridgehead atoms. The largest absolute Gasteiger partial charge is 0.342 e. The molecular weight excluding hydrogens is 446 g/mol. The van der Waals surface area contributed by atoms with E-state index in [0.29, 0.717) is 24.8 Å². The second kappa shape index (κ2) is 9.73. The van der Waals surface area contributed by atoms with E-state index in [4.69, 9.17) is 0 Å². The first-order chi connectivity index (χ1) is 15.2. The molecule has 2 saturated heterocycles. The molecule has 3 aliphatic rings. The van der Waals surface area contributed by atoms with Crippen LogP contribution >= 0.6 is 11.8 Å². The molecule has 4 rings (SSSR count). The zero-order valence-corrected chi connectivity index (χ0v) is 20.5. The molecule has 2 fully saturated rings. The molecule has 0 spiro atoms. The fourth-order valence-electron chi connectivity index (χ4n) is 4.92. The lowest BCUT2D eigenvalue weighted by Gasteiger charge is -2.40. The molecular formula is C23H33N3O4S2. The Kier molecular flexibility index (Phi) is 7.17. The fraction of sp³-hybridized carbons (Fsp3) is 0.652. The molecule has 0 saturated carbocycles. The average Bonchev–Trinajstić information content (AvgIpc) is 2.79. The average molecular weight is 480 g/mol. The van der Waals surface area contributed by atoms with Crippen molar-refractivity contribution in [2.45, 2.75) is 67.0 Å². The number of anilines is 1. The number of rotatable bonds is 5. The zero-order valence-electron chi connectivity index (χ0n) is 18.9. The van der Waals surface area contributed by atoms with Crippen LogP contribution in [-0.2, 0) is 19.4 Å². The van der Waals surface area contributed by atoms with Crippen LogP contribution in [0.4, 0.5) is 5.69 Å². The number of amides is 2. The van der Waals surface area contributed by atoms with Crippen LogP contribution in [0.15, 0.2) is 28.0 Å². The maximum absolute atomic E-state index is 13.0. The summed E-state index contributed by atoms with van der Waals surface area (Å²) >= 11 is 1.42. The third-order valence-electron chi connectivity index (χ3n) is 6.82. The maximum atomic E-state index is 13.0. The highest BCUT2D eigenvalue weighted by atomic mass is 32.2. The van der Waals surface area contributed by atoms with Gasteiger partial charge in [-0.05, 0) is 63.9 Å². The molecule has 0 unspecified atom stereocenters. The van der Waals surface area contributed by atoms with Crippen molar-refractivity contribution in [3.8, 4) is 0 Å². The molecule has 0 aliphatic carbocycles. The van der Waals surface area contributed by atoms with Crippen LogP contribution in [0, 0.1) is 5.92 Å². The molecule has 9 heteroatoms. The number of nitrogens with one attached hydrogen (secondary N) is 1. The van der Waals surface area contributed by atoms with Crippen molar-refractivity contribution in [3.63, 3.8) is 0 Å². The summed E-state index contributed by atoms with van der Waals surface area (Å²) < 4.78 is 26.0. The number of sulfone groups is 1. The van der Waals surface area contributed by atoms with E-state index in [-0.39, 0.29) is 27.7 Å². The third-order valence-corrected chi connectivity index (χ3v) is 9.90. The lowest BCUT2D eigenvalue weighted by Crippen LogP contribution is -2.49. The molecule has 7 nitrogen and oxygen atoms in total. The third kappa shape index (κ3) is 5.15. The minimum absolute atomic E-state index is 0.0821. The summed E-state index contributed by atoms with van der Waals surface area (Å²) in [4.78, 5) is 30.3. The minimum atomic E-state index is -3.65. The number of fused-ring (bicyclic) bond motifs is 1. The summed E-state index contributed by atoms with van der Waals surface area (Å²) in [6.45, 7) is 7.23. The Morgan fingerprint density at radius 1 is 1.16 bits per heavy atom. The molecule has 1 N–H and O–H groups in total. The van der Waals surface area contributed by atoms with Crippen LogP contribution in [0.3, 0.4) is 0 Å².